The van der Waals surface area contributed by atoms with Crippen LogP contribution in [0, 0.1) is 10.1 Å². The Bertz CT molecular complexity index is 1200. The van der Waals surface area contributed by atoms with Crippen molar-refractivity contribution in [2.45, 2.75) is 0 Å². The van der Waals surface area contributed by atoms with Gasteiger partial charge < -0.3 is 10.4 Å². The Morgan fingerprint density at radius 1 is 1.07 bits per heavy atom. The average molecular weight is 376 g/mol. The maximum absolute atomic E-state index is 11.8. The van der Waals surface area contributed by atoms with Crippen LogP contribution in [0.4, 0.5) is 17.2 Å². The highest BCUT2D eigenvalue weighted by molar-refractivity contribution is 5.88. The van der Waals surface area contributed by atoms with Gasteiger partial charge in [0.15, 0.2) is 0 Å². The summed E-state index contributed by atoms with van der Waals surface area (Å²) in [6, 6.07) is 13.0. The lowest BCUT2D eigenvalue weighted by molar-refractivity contribution is -0.384. The van der Waals surface area contributed by atoms with E-state index in [-0.39, 0.29) is 22.9 Å². The molecular formula is C18H12N6O4. The standard InChI is InChI=1S/C18H12N6O4/c25-18(26)11-5-7-12(8-6-11)22-16-15(24(27)28)17(20-9-19-16)23-10-21-13-3-1-2-4-14(13)23/h1-10H,(H,25,26)(H,19,20,22). The fourth-order valence-corrected chi connectivity index (χ4v) is 2.77. The number of para-hydroxylation sites is 2. The van der Waals surface area contributed by atoms with E-state index in [1.165, 1.54) is 41.5 Å². The molecular weight excluding hydrogens is 364 g/mol. The first-order chi connectivity index (χ1) is 13.5. The Morgan fingerprint density at radius 3 is 2.54 bits per heavy atom. The lowest BCUT2D eigenvalue weighted by Crippen LogP contribution is -2.07. The lowest BCUT2D eigenvalue weighted by atomic mass is 10.2. The molecule has 0 unspecified atom stereocenters. The van der Waals surface area contributed by atoms with Crippen molar-refractivity contribution in [3.8, 4) is 5.82 Å². The Hall–Kier alpha value is -4.34. The summed E-state index contributed by atoms with van der Waals surface area (Å²) in [4.78, 5) is 34.5. The number of nitrogens with zero attached hydrogens (tertiary/aromatic N) is 5. The number of aromatic nitrogens is 4. The first-order valence-electron chi connectivity index (χ1n) is 8.07. The van der Waals surface area contributed by atoms with Gasteiger partial charge >= 0.3 is 11.7 Å². The first kappa shape index (κ1) is 17.1. The number of rotatable bonds is 5. The molecule has 4 rings (SSSR count). The van der Waals surface area contributed by atoms with Gasteiger partial charge in [0.05, 0.1) is 21.5 Å². The van der Waals surface area contributed by atoms with Gasteiger partial charge in [0.2, 0.25) is 11.6 Å². The van der Waals surface area contributed by atoms with Crippen molar-refractivity contribution in [1.82, 2.24) is 19.5 Å². The van der Waals surface area contributed by atoms with Gasteiger partial charge in [-0.1, -0.05) is 12.1 Å². The Morgan fingerprint density at radius 2 is 1.82 bits per heavy atom. The molecule has 0 saturated carbocycles. The van der Waals surface area contributed by atoms with E-state index in [4.69, 9.17) is 5.11 Å². The highest BCUT2D eigenvalue weighted by atomic mass is 16.6. The largest absolute Gasteiger partial charge is 0.478 e. The van der Waals surface area contributed by atoms with Crippen LogP contribution in [0.1, 0.15) is 10.4 Å². The molecule has 138 valence electrons. The summed E-state index contributed by atoms with van der Waals surface area (Å²) in [5, 5.41) is 23.6. The summed E-state index contributed by atoms with van der Waals surface area (Å²) in [5.41, 5.74) is 1.57. The molecule has 2 heterocycles. The molecule has 0 radical (unpaired) electrons. The fraction of sp³-hybridized carbons (Fsp3) is 0. The molecule has 28 heavy (non-hydrogen) atoms. The number of nitrogens with one attached hydrogen (secondary N) is 1. The zero-order valence-electron chi connectivity index (χ0n) is 14.2. The number of fused-ring (bicyclic) bond motifs is 1. The molecule has 2 aromatic carbocycles. The molecule has 0 aliphatic heterocycles. The van der Waals surface area contributed by atoms with Crippen molar-refractivity contribution < 1.29 is 14.8 Å². The normalized spacial score (nSPS) is 10.7. The fourth-order valence-electron chi connectivity index (χ4n) is 2.77. The molecule has 0 fully saturated rings. The Labute approximate surface area is 157 Å². The van der Waals surface area contributed by atoms with Crippen LogP contribution < -0.4 is 5.32 Å². The van der Waals surface area contributed by atoms with Crippen LogP contribution in [0.25, 0.3) is 16.9 Å². The minimum atomic E-state index is -1.06. The van der Waals surface area contributed by atoms with Gasteiger partial charge in [-0.15, -0.1) is 0 Å². The zero-order chi connectivity index (χ0) is 19.7. The molecule has 0 atom stereocenters. The number of imidazole rings is 1. The van der Waals surface area contributed by atoms with Gasteiger partial charge in [-0.2, -0.15) is 0 Å². The van der Waals surface area contributed by atoms with E-state index in [0.29, 0.717) is 16.7 Å². The number of hydrogen-bond donors (Lipinski definition) is 2. The topological polar surface area (TPSA) is 136 Å². The third kappa shape index (κ3) is 2.98. The van der Waals surface area contributed by atoms with Crippen molar-refractivity contribution in [2.75, 3.05) is 5.32 Å². The number of carbonyl (C=O) groups is 1. The van der Waals surface area contributed by atoms with Crippen LogP contribution >= 0.6 is 0 Å². The number of benzene rings is 2. The predicted octanol–water partition coefficient (Wildman–Crippen LogP) is 3.17. The monoisotopic (exact) mass is 376 g/mol. The van der Waals surface area contributed by atoms with Crippen molar-refractivity contribution >= 4 is 34.2 Å². The number of carboxylic acid groups (broad SMARTS) is 1. The molecule has 10 nitrogen and oxygen atoms in total. The highest BCUT2D eigenvalue weighted by Gasteiger charge is 2.25. The number of anilines is 2. The van der Waals surface area contributed by atoms with Gasteiger partial charge in [0, 0.05) is 5.69 Å². The number of hydrogen-bond acceptors (Lipinski definition) is 7. The summed E-state index contributed by atoms with van der Waals surface area (Å²) in [6.07, 6.45) is 2.68. The van der Waals surface area contributed by atoms with E-state index in [0.717, 1.165) is 0 Å². The van der Waals surface area contributed by atoms with Gasteiger partial charge in [-0.3, -0.25) is 14.7 Å². The van der Waals surface area contributed by atoms with Crippen LogP contribution in [0.2, 0.25) is 0 Å². The van der Waals surface area contributed by atoms with E-state index in [9.17, 15) is 14.9 Å². The van der Waals surface area contributed by atoms with E-state index in [1.54, 1.807) is 18.2 Å². The first-order valence-corrected chi connectivity index (χ1v) is 8.07. The molecule has 0 spiro atoms. The Kier molecular flexibility index (Phi) is 4.13. The molecule has 0 amide bonds. The van der Waals surface area contributed by atoms with Crippen molar-refractivity contribution in [2.24, 2.45) is 0 Å². The van der Waals surface area contributed by atoms with Crippen LogP contribution in [-0.4, -0.2) is 35.5 Å². The minimum absolute atomic E-state index is 0.0177. The van der Waals surface area contributed by atoms with Crippen LogP contribution in [0.5, 0.6) is 0 Å². The highest BCUT2D eigenvalue weighted by Crippen LogP contribution is 2.31. The second kappa shape index (κ2) is 6.76. The van der Waals surface area contributed by atoms with Crippen molar-refractivity contribution in [1.29, 1.82) is 0 Å². The van der Waals surface area contributed by atoms with E-state index < -0.39 is 10.9 Å². The van der Waals surface area contributed by atoms with Gasteiger partial charge in [0.1, 0.15) is 12.7 Å². The van der Waals surface area contributed by atoms with Crippen molar-refractivity contribution in [3.05, 3.63) is 76.9 Å². The number of carboxylic acids is 1. The third-order valence-corrected chi connectivity index (χ3v) is 4.06. The SMILES string of the molecule is O=C(O)c1ccc(Nc2ncnc(-n3cnc4ccccc43)c2[N+](=O)[O-])cc1. The van der Waals surface area contributed by atoms with E-state index >= 15 is 0 Å². The second-order valence-electron chi connectivity index (χ2n) is 5.76. The summed E-state index contributed by atoms with van der Waals surface area (Å²) in [5.74, 6) is -1.01. The maximum Gasteiger partial charge on any atom is 0.354 e. The predicted molar refractivity (Wildman–Crippen MR) is 100.0 cm³/mol. The summed E-state index contributed by atoms with van der Waals surface area (Å²) in [6.45, 7) is 0. The van der Waals surface area contributed by atoms with Crippen LogP contribution in [0.15, 0.2) is 61.2 Å². The lowest BCUT2D eigenvalue weighted by Gasteiger charge is -2.09. The maximum atomic E-state index is 11.8. The number of aromatic carboxylic acids is 1. The van der Waals surface area contributed by atoms with Crippen molar-refractivity contribution in [3.63, 3.8) is 0 Å². The molecule has 0 bridgehead atoms. The smallest absolute Gasteiger partial charge is 0.354 e. The summed E-state index contributed by atoms with van der Waals surface area (Å²) >= 11 is 0. The minimum Gasteiger partial charge on any atom is -0.478 e. The molecule has 2 aromatic heterocycles. The molecule has 0 aliphatic carbocycles. The Balaban J connectivity index is 1.80. The third-order valence-electron chi connectivity index (χ3n) is 4.06. The van der Waals surface area contributed by atoms with Gasteiger partial charge in [-0.25, -0.2) is 19.7 Å². The second-order valence-corrected chi connectivity index (χ2v) is 5.76. The molecule has 4 aromatic rings. The molecule has 2 N–H and O–H groups in total. The quantitative estimate of drug-likeness (QED) is 0.400. The zero-order valence-corrected chi connectivity index (χ0v) is 14.2. The molecule has 0 saturated heterocycles. The van der Waals surface area contributed by atoms with E-state index in [1.807, 2.05) is 6.07 Å². The van der Waals surface area contributed by atoms with E-state index in [2.05, 4.69) is 20.3 Å². The summed E-state index contributed by atoms with van der Waals surface area (Å²) < 4.78 is 1.52. The summed E-state index contributed by atoms with van der Waals surface area (Å²) in [7, 11) is 0. The molecule has 10 heteroatoms. The number of nitro groups is 1. The van der Waals surface area contributed by atoms with Gasteiger partial charge in [-0.05, 0) is 36.4 Å². The average Bonchev–Trinajstić information content (AvgIpc) is 3.12. The van der Waals surface area contributed by atoms with Crippen LogP contribution in [-0.2, 0) is 0 Å². The molecule has 0 aliphatic rings. The van der Waals surface area contributed by atoms with Gasteiger partial charge in [0.25, 0.3) is 0 Å². The van der Waals surface area contributed by atoms with Crippen LogP contribution in [0.3, 0.4) is 0 Å².